The van der Waals surface area contributed by atoms with Crippen molar-refractivity contribution in [1.29, 1.82) is 0 Å². The Morgan fingerprint density at radius 2 is 1.65 bits per heavy atom. The van der Waals surface area contributed by atoms with Gasteiger partial charge in [0.05, 0.1) is 26.3 Å². The average Bonchev–Trinajstić information content (AvgIpc) is 3.35. The quantitative estimate of drug-likeness (QED) is 0.257. The zero-order valence-electron chi connectivity index (χ0n) is 17.5. The van der Waals surface area contributed by atoms with Gasteiger partial charge in [0.25, 0.3) is 17.5 Å². The third-order valence-corrected chi connectivity index (χ3v) is 6.46. The summed E-state index contributed by atoms with van der Waals surface area (Å²) in [6.07, 6.45) is 0.120. The number of non-ortho nitro benzene ring substituents is 1. The molecular formula is C24H16N4O5S. The van der Waals surface area contributed by atoms with Crippen LogP contribution in [0.25, 0.3) is 10.2 Å². The van der Waals surface area contributed by atoms with Crippen LogP contribution in [0.15, 0.2) is 72.8 Å². The maximum atomic E-state index is 13.4. The number of carbonyl (C=O) groups excluding carboxylic acids is 3. The summed E-state index contributed by atoms with van der Waals surface area (Å²) >= 11 is 1.08. The third kappa shape index (κ3) is 3.80. The number of nitrogens with zero attached hydrogens (tertiary/aromatic N) is 3. The van der Waals surface area contributed by atoms with Crippen LogP contribution in [-0.2, 0) is 11.2 Å². The predicted molar refractivity (Wildman–Crippen MR) is 126 cm³/mol. The van der Waals surface area contributed by atoms with Crippen LogP contribution in [0.1, 0.15) is 26.3 Å². The molecule has 3 aromatic carbocycles. The number of nitro groups is 1. The molecule has 9 nitrogen and oxygen atoms in total. The number of aromatic nitrogens is 1. The SMILES string of the molecule is O=C(Nc1nc2ccc([N+](=O)[O-])cc2s1)C(Cc1ccccc1)N1C(=O)c2ccccc2C1=O. The fourth-order valence-corrected chi connectivity index (χ4v) is 4.80. The molecule has 1 N–H and O–H groups in total. The summed E-state index contributed by atoms with van der Waals surface area (Å²) in [6.45, 7) is 0. The fraction of sp³-hybridized carbons (Fsp3) is 0.0833. The molecule has 1 aromatic heterocycles. The normalized spacial score (nSPS) is 13.7. The third-order valence-electron chi connectivity index (χ3n) is 5.52. The minimum absolute atomic E-state index is 0.0815. The molecule has 0 saturated heterocycles. The van der Waals surface area contributed by atoms with Gasteiger partial charge in [-0.2, -0.15) is 0 Å². The molecule has 1 atom stereocenters. The molecule has 168 valence electrons. The van der Waals surface area contributed by atoms with Crippen LogP contribution in [-0.4, -0.2) is 38.6 Å². The van der Waals surface area contributed by atoms with E-state index in [1.165, 1.54) is 18.2 Å². The molecule has 0 saturated carbocycles. The Labute approximate surface area is 196 Å². The molecule has 0 bridgehead atoms. The van der Waals surface area contributed by atoms with Gasteiger partial charge >= 0.3 is 0 Å². The monoisotopic (exact) mass is 472 g/mol. The molecule has 1 unspecified atom stereocenters. The Morgan fingerprint density at radius 3 is 2.29 bits per heavy atom. The summed E-state index contributed by atoms with van der Waals surface area (Å²) in [4.78, 5) is 55.4. The first-order valence-electron chi connectivity index (χ1n) is 10.3. The number of benzene rings is 3. The molecule has 1 aliphatic heterocycles. The first kappa shape index (κ1) is 21.4. The Morgan fingerprint density at radius 1 is 1.00 bits per heavy atom. The van der Waals surface area contributed by atoms with E-state index < -0.39 is 28.7 Å². The van der Waals surface area contributed by atoms with Crippen molar-refractivity contribution in [2.75, 3.05) is 5.32 Å². The van der Waals surface area contributed by atoms with Gasteiger partial charge in [0.2, 0.25) is 5.91 Å². The van der Waals surface area contributed by atoms with Gasteiger partial charge in [-0.05, 0) is 23.8 Å². The molecule has 10 heteroatoms. The van der Waals surface area contributed by atoms with E-state index in [1.54, 1.807) is 24.3 Å². The zero-order valence-corrected chi connectivity index (χ0v) is 18.3. The summed E-state index contributed by atoms with van der Waals surface area (Å²) in [6, 6.07) is 18.7. The fourth-order valence-electron chi connectivity index (χ4n) is 3.90. The number of nitro benzene ring substituents is 1. The van der Waals surface area contributed by atoms with Gasteiger partial charge in [-0.15, -0.1) is 0 Å². The smallest absolute Gasteiger partial charge is 0.270 e. The van der Waals surface area contributed by atoms with E-state index >= 15 is 0 Å². The van der Waals surface area contributed by atoms with E-state index in [-0.39, 0.29) is 28.4 Å². The lowest BCUT2D eigenvalue weighted by molar-refractivity contribution is -0.384. The Balaban J connectivity index is 1.47. The summed E-state index contributed by atoms with van der Waals surface area (Å²) in [5.74, 6) is -1.64. The number of hydrogen-bond acceptors (Lipinski definition) is 7. The number of anilines is 1. The largest absolute Gasteiger partial charge is 0.300 e. The Bertz CT molecular complexity index is 1430. The van der Waals surface area contributed by atoms with Crippen molar-refractivity contribution in [3.63, 3.8) is 0 Å². The van der Waals surface area contributed by atoms with Crippen LogP contribution in [0.2, 0.25) is 0 Å². The molecular weight excluding hydrogens is 456 g/mol. The second-order valence-electron chi connectivity index (χ2n) is 7.65. The van der Waals surface area contributed by atoms with E-state index in [9.17, 15) is 24.5 Å². The molecule has 3 amide bonds. The highest BCUT2D eigenvalue weighted by molar-refractivity contribution is 7.22. The van der Waals surface area contributed by atoms with E-state index in [1.807, 2.05) is 30.3 Å². The van der Waals surface area contributed by atoms with E-state index in [0.29, 0.717) is 10.2 Å². The highest BCUT2D eigenvalue weighted by Gasteiger charge is 2.42. The standard InChI is InChI=1S/C24H16N4O5S/c29-21(26-24-25-18-11-10-15(28(32)33)13-20(18)34-24)19(12-14-6-2-1-3-7-14)27-22(30)16-8-4-5-9-17(16)23(27)31/h1-11,13,19H,12H2,(H,25,26,29). The van der Waals surface area contributed by atoms with Crippen molar-refractivity contribution in [2.24, 2.45) is 0 Å². The summed E-state index contributed by atoms with van der Waals surface area (Å²) in [5.41, 5.74) is 1.70. The van der Waals surface area contributed by atoms with Gasteiger partial charge in [0.1, 0.15) is 6.04 Å². The lowest BCUT2D eigenvalue weighted by Gasteiger charge is -2.25. The highest BCUT2D eigenvalue weighted by Crippen LogP contribution is 2.31. The van der Waals surface area contributed by atoms with Crippen LogP contribution >= 0.6 is 11.3 Å². The predicted octanol–water partition coefficient (Wildman–Crippen LogP) is 4.05. The number of hydrogen-bond donors (Lipinski definition) is 1. The van der Waals surface area contributed by atoms with Crippen LogP contribution in [0, 0.1) is 10.1 Å². The van der Waals surface area contributed by atoms with Crippen LogP contribution in [0.3, 0.4) is 0 Å². The van der Waals surface area contributed by atoms with Crippen molar-refractivity contribution in [1.82, 2.24) is 9.88 Å². The van der Waals surface area contributed by atoms with E-state index in [4.69, 9.17) is 0 Å². The maximum Gasteiger partial charge on any atom is 0.270 e. The number of thiazole rings is 1. The number of amides is 3. The van der Waals surface area contributed by atoms with Crippen LogP contribution in [0.4, 0.5) is 10.8 Å². The van der Waals surface area contributed by atoms with Gasteiger partial charge < -0.3 is 5.32 Å². The molecule has 0 radical (unpaired) electrons. The minimum Gasteiger partial charge on any atom is -0.300 e. The molecule has 2 heterocycles. The molecule has 0 spiro atoms. The van der Waals surface area contributed by atoms with Crippen molar-refractivity contribution >= 4 is 50.1 Å². The second kappa shape index (κ2) is 8.49. The topological polar surface area (TPSA) is 123 Å². The highest BCUT2D eigenvalue weighted by atomic mass is 32.1. The van der Waals surface area contributed by atoms with E-state index in [2.05, 4.69) is 10.3 Å². The van der Waals surface area contributed by atoms with Crippen molar-refractivity contribution in [3.05, 3.63) is 99.6 Å². The van der Waals surface area contributed by atoms with Gasteiger partial charge in [-0.25, -0.2) is 4.98 Å². The first-order valence-corrected chi connectivity index (χ1v) is 11.1. The van der Waals surface area contributed by atoms with Gasteiger partial charge in [-0.1, -0.05) is 53.8 Å². The molecule has 0 fully saturated rings. The Kier molecular flexibility index (Phi) is 5.34. The van der Waals surface area contributed by atoms with Gasteiger partial charge in [-0.3, -0.25) is 29.4 Å². The van der Waals surface area contributed by atoms with E-state index in [0.717, 1.165) is 21.8 Å². The maximum absolute atomic E-state index is 13.4. The van der Waals surface area contributed by atoms with Crippen molar-refractivity contribution in [3.8, 4) is 0 Å². The van der Waals surface area contributed by atoms with Gasteiger partial charge in [0, 0.05) is 18.6 Å². The lowest BCUT2D eigenvalue weighted by Crippen LogP contribution is -2.48. The molecule has 0 aliphatic carbocycles. The van der Waals surface area contributed by atoms with Crippen LogP contribution < -0.4 is 5.32 Å². The molecule has 34 heavy (non-hydrogen) atoms. The number of rotatable bonds is 6. The number of fused-ring (bicyclic) bond motifs is 2. The molecule has 5 rings (SSSR count). The number of carbonyl (C=O) groups is 3. The molecule has 4 aromatic rings. The lowest BCUT2D eigenvalue weighted by atomic mass is 10.0. The van der Waals surface area contributed by atoms with Gasteiger partial charge in [0.15, 0.2) is 5.13 Å². The average molecular weight is 472 g/mol. The number of nitrogens with one attached hydrogen (secondary N) is 1. The molecule has 1 aliphatic rings. The van der Waals surface area contributed by atoms with Crippen molar-refractivity contribution < 1.29 is 19.3 Å². The van der Waals surface area contributed by atoms with Crippen molar-refractivity contribution in [2.45, 2.75) is 12.5 Å². The second-order valence-corrected chi connectivity index (χ2v) is 8.68. The van der Waals surface area contributed by atoms with Crippen LogP contribution in [0.5, 0.6) is 0 Å². The zero-order chi connectivity index (χ0) is 23.8. The Hall–Kier alpha value is -4.44. The minimum atomic E-state index is -1.11. The first-order chi connectivity index (χ1) is 16.4. The summed E-state index contributed by atoms with van der Waals surface area (Å²) in [5, 5.41) is 14.0. The summed E-state index contributed by atoms with van der Waals surface area (Å²) < 4.78 is 0.532. The number of imide groups is 1. The summed E-state index contributed by atoms with van der Waals surface area (Å²) in [7, 11) is 0.